The molecular formula is C13H24N4O. The van der Waals surface area contributed by atoms with Gasteiger partial charge in [-0.05, 0) is 24.8 Å². The van der Waals surface area contributed by atoms with Crippen LogP contribution in [-0.2, 0) is 11.3 Å². The summed E-state index contributed by atoms with van der Waals surface area (Å²) in [5.74, 6) is 0.456. The molecule has 0 fully saturated rings. The number of carbonyl (C=O) groups excluding carboxylic acids is 1. The lowest BCUT2D eigenvalue weighted by atomic mass is 9.96. The maximum absolute atomic E-state index is 11.9. The van der Waals surface area contributed by atoms with Gasteiger partial charge in [-0.2, -0.15) is 5.10 Å². The molecule has 0 saturated heterocycles. The lowest BCUT2D eigenvalue weighted by Crippen LogP contribution is -2.37. The highest BCUT2D eigenvalue weighted by Gasteiger charge is 2.17. The molecule has 1 aromatic rings. The molecule has 0 aliphatic heterocycles. The van der Waals surface area contributed by atoms with E-state index in [2.05, 4.69) is 24.3 Å². The molecule has 0 spiro atoms. The van der Waals surface area contributed by atoms with Gasteiger partial charge in [-0.15, -0.1) is 0 Å². The van der Waals surface area contributed by atoms with Crippen LogP contribution < -0.4 is 11.1 Å². The predicted molar refractivity (Wildman–Crippen MR) is 72.0 cm³/mol. The maximum atomic E-state index is 11.9. The summed E-state index contributed by atoms with van der Waals surface area (Å²) in [6.45, 7) is 7.89. The number of nitrogens with two attached hydrogens (primary N) is 1. The number of rotatable bonds is 7. The zero-order valence-corrected chi connectivity index (χ0v) is 11.5. The minimum absolute atomic E-state index is 0.0510. The number of amides is 1. The number of nitrogens with zero attached hydrogens (tertiary/aromatic N) is 2. The van der Waals surface area contributed by atoms with Gasteiger partial charge in [-0.25, -0.2) is 0 Å². The van der Waals surface area contributed by atoms with E-state index in [9.17, 15) is 4.79 Å². The molecule has 0 radical (unpaired) electrons. The van der Waals surface area contributed by atoms with E-state index in [0.29, 0.717) is 25.6 Å². The molecule has 5 heteroatoms. The van der Waals surface area contributed by atoms with Crippen LogP contribution in [0.25, 0.3) is 0 Å². The van der Waals surface area contributed by atoms with Gasteiger partial charge in [-0.1, -0.05) is 13.8 Å². The van der Waals surface area contributed by atoms with Crippen LogP contribution in [0.5, 0.6) is 0 Å². The molecule has 1 heterocycles. The summed E-state index contributed by atoms with van der Waals surface area (Å²) in [6, 6.07) is 0. The summed E-state index contributed by atoms with van der Waals surface area (Å²) in [6.07, 6.45) is 4.60. The molecule has 0 aromatic carbocycles. The summed E-state index contributed by atoms with van der Waals surface area (Å²) in [5, 5.41) is 7.08. The Morgan fingerprint density at radius 1 is 1.56 bits per heavy atom. The highest BCUT2D eigenvalue weighted by Crippen LogP contribution is 2.10. The molecule has 0 aliphatic carbocycles. The molecule has 18 heavy (non-hydrogen) atoms. The quantitative estimate of drug-likeness (QED) is 0.758. The number of carbonyl (C=O) groups is 1. The minimum atomic E-state index is -0.0793. The fourth-order valence-corrected chi connectivity index (χ4v) is 1.91. The van der Waals surface area contributed by atoms with E-state index in [-0.39, 0.29) is 11.8 Å². The van der Waals surface area contributed by atoms with Crippen molar-refractivity contribution in [1.82, 2.24) is 15.1 Å². The Kier molecular flexibility index (Phi) is 5.85. The summed E-state index contributed by atoms with van der Waals surface area (Å²) in [4.78, 5) is 11.9. The van der Waals surface area contributed by atoms with Crippen LogP contribution in [0.3, 0.4) is 0 Å². The molecule has 1 rings (SSSR count). The van der Waals surface area contributed by atoms with Crippen LogP contribution >= 0.6 is 0 Å². The molecule has 5 nitrogen and oxygen atoms in total. The second-order valence-corrected chi connectivity index (χ2v) is 5.13. The first-order chi connectivity index (χ1) is 8.52. The van der Waals surface area contributed by atoms with E-state index in [1.165, 1.54) is 0 Å². The van der Waals surface area contributed by atoms with Crippen molar-refractivity contribution < 1.29 is 4.79 Å². The van der Waals surface area contributed by atoms with Gasteiger partial charge in [-0.3, -0.25) is 9.48 Å². The lowest BCUT2D eigenvalue weighted by Gasteiger charge is -2.16. The number of aromatic nitrogens is 2. The second-order valence-electron chi connectivity index (χ2n) is 5.13. The third-order valence-electron chi connectivity index (χ3n) is 2.81. The lowest BCUT2D eigenvalue weighted by molar-refractivity contribution is -0.125. The molecule has 1 aromatic heterocycles. The first kappa shape index (κ1) is 14.7. The van der Waals surface area contributed by atoms with Gasteiger partial charge in [0, 0.05) is 19.3 Å². The largest absolute Gasteiger partial charge is 0.354 e. The van der Waals surface area contributed by atoms with Crippen LogP contribution in [0.15, 0.2) is 12.4 Å². The Morgan fingerprint density at radius 3 is 2.78 bits per heavy atom. The number of nitrogens with one attached hydrogen (secondary N) is 1. The third kappa shape index (κ3) is 4.87. The first-order valence-corrected chi connectivity index (χ1v) is 6.49. The molecule has 0 saturated carbocycles. The van der Waals surface area contributed by atoms with E-state index in [1.54, 1.807) is 0 Å². The minimum Gasteiger partial charge on any atom is -0.354 e. The molecule has 3 N–H and O–H groups in total. The predicted octanol–water partition coefficient (Wildman–Crippen LogP) is 0.929. The summed E-state index contributed by atoms with van der Waals surface area (Å²) < 4.78 is 1.83. The molecule has 1 amide bonds. The van der Waals surface area contributed by atoms with Crippen molar-refractivity contribution in [3.05, 3.63) is 18.0 Å². The third-order valence-corrected chi connectivity index (χ3v) is 2.81. The fourth-order valence-electron chi connectivity index (χ4n) is 1.91. The van der Waals surface area contributed by atoms with Crippen molar-refractivity contribution in [3.8, 4) is 0 Å². The first-order valence-electron chi connectivity index (χ1n) is 6.49. The average molecular weight is 252 g/mol. The standard InChI is InChI=1S/C13H24N4O/c1-10(2)6-12(7-14)13(18)15-4-5-17-9-11(3)8-16-17/h8-10,12H,4-7,14H2,1-3H3,(H,15,18). The molecule has 1 unspecified atom stereocenters. The van der Waals surface area contributed by atoms with Gasteiger partial charge < -0.3 is 11.1 Å². The Bertz CT molecular complexity index is 373. The van der Waals surface area contributed by atoms with Crippen molar-refractivity contribution in [1.29, 1.82) is 0 Å². The molecule has 1 atom stereocenters. The van der Waals surface area contributed by atoms with Crippen molar-refractivity contribution in [2.45, 2.75) is 33.7 Å². The van der Waals surface area contributed by atoms with E-state index in [4.69, 9.17) is 5.73 Å². The average Bonchev–Trinajstić information content (AvgIpc) is 2.71. The fraction of sp³-hybridized carbons (Fsp3) is 0.692. The summed E-state index contributed by atoms with van der Waals surface area (Å²) in [5.41, 5.74) is 6.76. The highest BCUT2D eigenvalue weighted by atomic mass is 16.1. The summed E-state index contributed by atoms with van der Waals surface area (Å²) in [7, 11) is 0. The smallest absolute Gasteiger partial charge is 0.224 e. The van der Waals surface area contributed by atoms with E-state index in [0.717, 1.165) is 12.0 Å². The van der Waals surface area contributed by atoms with E-state index in [1.807, 2.05) is 24.0 Å². The van der Waals surface area contributed by atoms with Gasteiger partial charge in [0.15, 0.2) is 0 Å². The normalized spacial score (nSPS) is 12.7. The Hall–Kier alpha value is -1.36. The van der Waals surface area contributed by atoms with Crippen molar-refractivity contribution in [3.63, 3.8) is 0 Å². The monoisotopic (exact) mass is 252 g/mol. The Labute approximate surface area is 109 Å². The van der Waals surface area contributed by atoms with Crippen LogP contribution in [0, 0.1) is 18.8 Å². The zero-order valence-electron chi connectivity index (χ0n) is 11.5. The second kappa shape index (κ2) is 7.16. The number of hydrogen-bond acceptors (Lipinski definition) is 3. The molecule has 0 bridgehead atoms. The van der Waals surface area contributed by atoms with Crippen LogP contribution in [0.4, 0.5) is 0 Å². The van der Waals surface area contributed by atoms with Gasteiger partial charge in [0.2, 0.25) is 5.91 Å². The van der Waals surface area contributed by atoms with Crippen molar-refractivity contribution in [2.75, 3.05) is 13.1 Å². The van der Waals surface area contributed by atoms with Crippen LogP contribution in [0.1, 0.15) is 25.8 Å². The Morgan fingerprint density at radius 2 is 2.28 bits per heavy atom. The highest BCUT2D eigenvalue weighted by molar-refractivity contribution is 5.78. The Balaban J connectivity index is 2.31. The van der Waals surface area contributed by atoms with Crippen LogP contribution in [0.2, 0.25) is 0 Å². The van der Waals surface area contributed by atoms with E-state index < -0.39 is 0 Å². The number of aryl methyl sites for hydroxylation is 1. The maximum Gasteiger partial charge on any atom is 0.224 e. The van der Waals surface area contributed by atoms with Gasteiger partial charge in [0.1, 0.15) is 0 Å². The molecule has 0 aliphatic rings. The SMILES string of the molecule is Cc1cnn(CCNC(=O)C(CN)CC(C)C)c1. The van der Waals surface area contributed by atoms with Crippen molar-refractivity contribution in [2.24, 2.45) is 17.6 Å². The van der Waals surface area contributed by atoms with Gasteiger partial charge in [0.05, 0.1) is 18.7 Å². The van der Waals surface area contributed by atoms with Crippen LogP contribution in [-0.4, -0.2) is 28.8 Å². The van der Waals surface area contributed by atoms with E-state index >= 15 is 0 Å². The number of hydrogen-bond donors (Lipinski definition) is 2. The topological polar surface area (TPSA) is 72.9 Å². The van der Waals surface area contributed by atoms with Gasteiger partial charge >= 0.3 is 0 Å². The van der Waals surface area contributed by atoms with Crippen molar-refractivity contribution >= 4 is 5.91 Å². The molecular weight excluding hydrogens is 228 g/mol. The molecule has 102 valence electrons. The van der Waals surface area contributed by atoms with Gasteiger partial charge in [0.25, 0.3) is 0 Å². The summed E-state index contributed by atoms with van der Waals surface area (Å²) >= 11 is 0. The zero-order chi connectivity index (χ0) is 13.5.